The summed E-state index contributed by atoms with van der Waals surface area (Å²) < 4.78 is 5.47. The zero-order valence-corrected chi connectivity index (χ0v) is 17.0. The van der Waals surface area contributed by atoms with Crippen molar-refractivity contribution in [1.82, 2.24) is 15.5 Å². The van der Waals surface area contributed by atoms with Crippen LogP contribution >= 0.6 is 11.3 Å². The van der Waals surface area contributed by atoms with Crippen LogP contribution in [0, 0.1) is 0 Å². The zero-order valence-electron chi connectivity index (χ0n) is 16.1. The lowest BCUT2D eigenvalue weighted by atomic mass is 10.1. The van der Waals surface area contributed by atoms with Crippen LogP contribution in [-0.2, 0) is 9.59 Å². The van der Waals surface area contributed by atoms with Crippen LogP contribution in [0.5, 0.6) is 0 Å². The smallest absolute Gasteiger partial charge is 0.261 e. The number of hydrogen-bond acceptors (Lipinski definition) is 5. The van der Waals surface area contributed by atoms with Gasteiger partial charge in [-0.3, -0.25) is 14.4 Å². The van der Waals surface area contributed by atoms with Crippen LogP contribution in [-0.4, -0.2) is 41.8 Å². The number of carbonyl (C=O) groups excluding carboxylic acids is 3. The monoisotopic (exact) mass is 415 g/mol. The number of rotatable bonds is 9. The summed E-state index contributed by atoms with van der Waals surface area (Å²) >= 11 is 1.30. The van der Waals surface area contributed by atoms with Crippen LogP contribution in [0.4, 0.5) is 0 Å². The van der Waals surface area contributed by atoms with E-state index in [9.17, 15) is 14.4 Å². The molecule has 0 saturated heterocycles. The number of furan rings is 1. The molecule has 2 aromatic rings. The van der Waals surface area contributed by atoms with Crippen molar-refractivity contribution in [3.63, 3.8) is 0 Å². The van der Waals surface area contributed by atoms with E-state index in [4.69, 9.17) is 4.42 Å². The molecule has 0 spiro atoms. The average molecular weight is 416 g/mol. The fourth-order valence-electron chi connectivity index (χ4n) is 3.46. The molecule has 0 aliphatic heterocycles. The normalized spacial score (nSPS) is 14.9. The molecule has 1 unspecified atom stereocenters. The predicted octanol–water partition coefficient (Wildman–Crippen LogP) is 2.89. The number of thiophene rings is 1. The van der Waals surface area contributed by atoms with E-state index in [1.165, 1.54) is 22.5 Å². The van der Waals surface area contributed by atoms with Gasteiger partial charge in [-0.1, -0.05) is 25.0 Å². The van der Waals surface area contributed by atoms with Crippen molar-refractivity contribution in [2.24, 2.45) is 0 Å². The van der Waals surface area contributed by atoms with Crippen LogP contribution in [0.3, 0.4) is 0 Å². The molecule has 0 bridgehead atoms. The molecule has 1 fully saturated rings. The molecule has 1 saturated carbocycles. The van der Waals surface area contributed by atoms with E-state index in [1.807, 2.05) is 0 Å². The maximum atomic E-state index is 13.1. The summed E-state index contributed by atoms with van der Waals surface area (Å²) in [6, 6.07) is 6.00. The highest BCUT2D eigenvalue weighted by atomic mass is 32.1. The van der Waals surface area contributed by atoms with E-state index in [-0.39, 0.29) is 30.9 Å². The first kappa shape index (κ1) is 20.9. The summed E-state index contributed by atoms with van der Waals surface area (Å²) in [5.41, 5.74) is 0. The first-order valence-electron chi connectivity index (χ1n) is 9.66. The maximum Gasteiger partial charge on any atom is 0.261 e. The largest absolute Gasteiger partial charge is 0.467 e. The molecule has 8 heteroatoms. The molecule has 154 valence electrons. The van der Waals surface area contributed by atoms with E-state index in [0.29, 0.717) is 10.6 Å². The minimum atomic E-state index is -0.922. The Balaban J connectivity index is 1.73. The Labute approximate surface area is 173 Å². The molecule has 1 atom stereocenters. The molecule has 2 N–H and O–H groups in total. The number of hydrogen-bond donors (Lipinski definition) is 2. The van der Waals surface area contributed by atoms with Gasteiger partial charge in [-0.05, 0) is 36.4 Å². The van der Waals surface area contributed by atoms with Crippen LogP contribution < -0.4 is 10.6 Å². The van der Waals surface area contributed by atoms with Crippen molar-refractivity contribution < 1.29 is 18.8 Å². The molecule has 1 aliphatic rings. The molecule has 0 aromatic carbocycles. The highest BCUT2D eigenvalue weighted by Gasteiger charge is 2.34. The highest BCUT2D eigenvalue weighted by molar-refractivity contribution is 7.12. The molecular weight excluding hydrogens is 390 g/mol. The number of nitrogens with one attached hydrogen (secondary N) is 2. The van der Waals surface area contributed by atoms with Crippen LogP contribution in [0.15, 0.2) is 53.0 Å². The van der Waals surface area contributed by atoms with Crippen molar-refractivity contribution in [2.45, 2.75) is 37.8 Å². The Bertz CT molecular complexity index is 826. The van der Waals surface area contributed by atoms with Gasteiger partial charge in [0.25, 0.3) is 11.8 Å². The summed E-state index contributed by atoms with van der Waals surface area (Å²) in [6.07, 6.45) is 7.06. The Morgan fingerprint density at radius 3 is 2.69 bits per heavy atom. The van der Waals surface area contributed by atoms with E-state index < -0.39 is 11.9 Å². The van der Waals surface area contributed by atoms with Crippen LogP contribution in [0.25, 0.3) is 0 Å². The number of amides is 3. The zero-order chi connectivity index (χ0) is 20.6. The molecule has 2 aromatic heterocycles. The van der Waals surface area contributed by atoms with E-state index in [1.54, 1.807) is 35.7 Å². The van der Waals surface area contributed by atoms with Gasteiger partial charge in [0.2, 0.25) is 5.91 Å². The average Bonchev–Trinajstić information content (AvgIpc) is 3.48. The van der Waals surface area contributed by atoms with E-state index >= 15 is 0 Å². The van der Waals surface area contributed by atoms with Crippen molar-refractivity contribution >= 4 is 29.1 Å². The minimum Gasteiger partial charge on any atom is -0.467 e. The topological polar surface area (TPSA) is 91.7 Å². The van der Waals surface area contributed by atoms with Gasteiger partial charge in [0.15, 0.2) is 6.04 Å². The van der Waals surface area contributed by atoms with E-state index in [0.717, 1.165) is 25.7 Å². The van der Waals surface area contributed by atoms with Gasteiger partial charge < -0.3 is 20.0 Å². The van der Waals surface area contributed by atoms with Gasteiger partial charge in [-0.25, -0.2) is 0 Å². The molecule has 0 radical (unpaired) electrons. The summed E-state index contributed by atoms with van der Waals surface area (Å²) in [6.45, 7) is 3.63. The molecule has 7 nitrogen and oxygen atoms in total. The quantitative estimate of drug-likeness (QED) is 0.616. The summed E-state index contributed by atoms with van der Waals surface area (Å²) in [4.78, 5) is 40.1. The van der Waals surface area contributed by atoms with Gasteiger partial charge in [0, 0.05) is 12.6 Å². The Kier molecular flexibility index (Phi) is 7.24. The summed E-state index contributed by atoms with van der Waals surface area (Å²) in [5.74, 6) is -0.624. The Morgan fingerprint density at radius 2 is 2.07 bits per heavy atom. The van der Waals surface area contributed by atoms with Gasteiger partial charge in [-0.2, -0.15) is 0 Å². The lowest BCUT2D eigenvalue weighted by Gasteiger charge is -2.30. The van der Waals surface area contributed by atoms with E-state index in [2.05, 4.69) is 17.2 Å². The van der Waals surface area contributed by atoms with Crippen LogP contribution in [0.2, 0.25) is 0 Å². The standard InChI is InChI=1S/C21H25N3O4S/c1-2-11-24(18(25)14-22-20(26)17-10-6-13-29-17)19(16-9-5-12-28-16)21(27)23-15-7-3-4-8-15/h2,5-6,9-10,12-13,15,19H,1,3-4,7-8,11,14H2,(H,22,26)(H,23,27). The van der Waals surface area contributed by atoms with Gasteiger partial charge in [0.05, 0.1) is 17.7 Å². The Morgan fingerprint density at radius 1 is 1.28 bits per heavy atom. The van der Waals surface area contributed by atoms with Crippen molar-refractivity contribution in [2.75, 3.05) is 13.1 Å². The fraction of sp³-hybridized carbons (Fsp3) is 0.381. The minimum absolute atomic E-state index is 0.110. The highest BCUT2D eigenvalue weighted by Crippen LogP contribution is 2.24. The molecule has 1 aliphatic carbocycles. The van der Waals surface area contributed by atoms with Gasteiger partial charge in [-0.15, -0.1) is 17.9 Å². The third-order valence-electron chi connectivity index (χ3n) is 4.87. The van der Waals surface area contributed by atoms with Crippen molar-refractivity contribution in [1.29, 1.82) is 0 Å². The number of carbonyl (C=O) groups is 3. The second-order valence-electron chi connectivity index (χ2n) is 6.90. The lowest BCUT2D eigenvalue weighted by molar-refractivity contribution is -0.140. The predicted molar refractivity (Wildman–Crippen MR) is 110 cm³/mol. The molecule has 29 heavy (non-hydrogen) atoms. The molecular formula is C21H25N3O4S. The molecule has 3 amide bonds. The lowest BCUT2D eigenvalue weighted by Crippen LogP contribution is -2.48. The third-order valence-corrected chi connectivity index (χ3v) is 5.73. The van der Waals surface area contributed by atoms with Crippen LogP contribution in [0.1, 0.15) is 47.2 Å². The second kappa shape index (κ2) is 10.1. The first-order valence-corrected chi connectivity index (χ1v) is 10.5. The molecule has 3 rings (SSSR count). The summed E-state index contributed by atoms with van der Waals surface area (Å²) in [5, 5.41) is 7.45. The summed E-state index contributed by atoms with van der Waals surface area (Å²) in [7, 11) is 0. The first-order chi connectivity index (χ1) is 14.1. The van der Waals surface area contributed by atoms with Crippen molar-refractivity contribution in [3.8, 4) is 0 Å². The third kappa shape index (κ3) is 5.35. The fourth-order valence-corrected chi connectivity index (χ4v) is 4.10. The Hall–Kier alpha value is -2.87. The maximum absolute atomic E-state index is 13.1. The van der Waals surface area contributed by atoms with Crippen molar-refractivity contribution in [3.05, 3.63) is 59.2 Å². The number of nitrogens with zero attached hydrogens (tertiary/aromatic N) is 1. The van der Waals surface area contributed by atoms with Gasteiger partial charge >= 0.3 is 0 Å². The SMILES string of the molecule is C=CCN(C(=O)CNC(=O)c1cccs1)C(C(=O)NC1CCCC1)c1ccco1. The van der Waals surface area contributed by atoms with Gasteiger partial charge in [0.1, 0.15) is 5.76 Å². The molecule has 2 heterocycles. The second-order valence-corrected chi connectivity index (χ2v) is 7.85.